The molecule has 4 rings (SSSR count). The molecular formula is C22H16N6O2. The lowest BCUT2D eigenvalue weighted by Crippen LogP contribution is -2.11. The van der Waals surface area contributed by atoms with Gasteiger partial charge in [-0.2, -0.15) is 10.2 Å². The fourth-order valence-corrected chi connectivity index (χ4v) is 2.76. The van der Waals surface area contributed by atoms with E-state index in [0.29, 0.717) is 40.1 Å². The van der Waals surface area contributed by atoms with Crippen molar-refractivity contribution in [2.75, 3.05) is 5.32 Å². The summed E-state index contributed by atoms with van der Waals surface area (Å²) in [6, 6.07) is 17.2. The van der Waals surface area contributed by atoms with Crippen LogP contribution in [0.5, 0.6) is 11.6 Å². The molecule has 4 aromatic rings. The first kappa shape index (κ1) is 18.8. The highest BCUT2D eigenvalue weighted by atomic mass is 16.5. The summed E-state index contributed by atoms with van der Waals surface area (Å²) in [4.78, 5) is 25.1. The number of hydrogen-bond donors (Lipinski definition) is 1. The Hall–Kier alpha value is -4.51. The quantitative estimate of drug-likeness (QED) is 0.549. The number of nitriles is 1. The van der Waals surface area contributed by atoms with Crippen LogP contribution in [0.25, 0.3) is 5.82 Å². The van der Waals surface area contributed by atoms with Gasteiger partial charge in [0.05, 0.1) is 11.6 Å². The monoisotopic (exact) mass is 396 g/mol. The standard InChI is InChI=1S/C22H16N6O2/c1-15-25-20(28-10-9-24-14-28)12-21(26-15)30-19-7-5-18(6-8-19)27-22(29)17-4-2-3-16(11-17)13-23/h2-12,14H,1H3,(H,27,29). The number of imidazole rings is 1. The zero-order chi connectivity index (χ0) is 20.9. The third-order valence-corrected chi connectivity index (χ3v) is 4.16. The molecule has 0 saturated carbocycles. The summed E-state index contributed by atoms with van der Waals surface area (Å²) in [5.41, 5.74) is 1.45. The summed E-state index contributed by atoms with van der Waals surface area (Å²) < 4.78 is 7.60. The SMILES string of the molecule is Cc1nc(Oc2ccc(NC(=O)c3cccc(C#N)c3)cc2)cc(-n2ccnc2)n1. The topological polar surface area (TPSA) is 106 Å². The Balaban J connectivity index is 1.46. The Kier molecular flexibility index (Phi) is 5.17. The van der Waals surface area contributed by atoms with Gasteiger partial charge in [-0.05, 0) is 49.4 Å². The highest BCUT2D eigenvalue weighted by molar-refractivity contribution is 6.04. The lowest BCUT2D eigenvalue weighted by molar-refractivity contribution is 0.102. The van der Waals surface area contributed by atoms with Crippen LogP contribution in [-0.4, -0.2) is 25.4 Å². The van der Waals surface area contributed by atoms with Crippen LogP contribution in [0, 0.1) is 18.3 Å². The molecule has 2 aromatic carbocycles. The Bertz CT molecular complexity index is 1230. The number of ether oxygens (including phenoxy) is 1. The van der Waals surface area contributed by atoms with E-state index in [-0.39, 0.29) is 5.91 Å². The Morgan fingerprint density at radius 3 is 2.70 bits per heavy atom. The molecule has 0 spiro atoms. The number of nitrogens with one attached hydrogen (secondary N) is 1. The van der Waals surface area contributed by atoms with Gasteiger partial charge in [0.15, 0.2) is 0 Å². The number of benzene rings is 2. The van der Waals surface area contributed by atoms with Crippen LogP contribution in [0.15, 0.2) is 73.3 Å². The number of aromatic nitrogens is 4. The number of aryl methyl sites for hydroxylation is 1. The molecule has 0 saturated heterocycles. The third-order valence-electron chi connectivity index (χ3n) is 4.16. The molecule has 0 unspecified atom stereocenters. The first-order valence-electron chi connectivity index (χ1n) is 9.04. The van der Waals surface area contributed by atoms with Gasteiger partial charge in [0.2, 0.25) is 5.88 Å². The number of amides is 1. The zero-order valence-electron chi connectivity index (χ0n) is 16.0. The third kappa shape index (κ3) is 4.31. The van der Waals surface area contributed by atoms with E-state index in [1.807, 2.05) is 6.07 Å². The van der Waals surface area contributed by atoms with Gasteiger partial charge < -0.3 is 10.1 Å². The van der Waals surface area contributed by atoms with Gasteiger partial charge >= 0.3 is 0 Å². The second-order valence-corrected chi connectivity index (χ2v) is 6.35. The van der Waals surface area contributed by atoms with Crippen LogP contribution in [0.4, 0.5) is 5.69 Å². The first-order chi connectivity index (χ1) is 14.6. The number of rotatable bonds is 5. The molecule has 0 aliphatic carbocycles. The average molecular weight is 396 g/mol. The molecule has 0 atom stereocenters. The summed E-state index contributed by atoms with van der Waals surface area (Å²) in [7, 11) is 0. The van der Waals surface area contributed by atoms with Gasteiger partial charge in [-0.3, -0.25) is 9.36 Å². The van der Waals surface area contributed by atoms with Gasteiger partial charge in [-0.15, -0.1) is 0 Å². The van der Waals surface area contributed by atoms with Gasteiger partial charge in [-0.1, -0.05) is 6.07 Å². The Morgan fingerprint density at radius 2 is 1.97 bits per heavy atom. The first-order valence-corrected chi connectivity index (χ1v) is 9.04. The van der Waals surface area contributed by atoms with E-state index >= 15 is 0 Å². The maximum Gasteiger partial charge on any atom is 0.255 e. The van der Waals surface area contributed by atoms with E-state index in [4.69, 9.17) is 10.00 Å². The smallest absolute Gasteiger partial charge is 0.255 e. The molecule has 8 nitrogen and oxygen atoms in total. The molecule has 0 bridgehead atoms. The summed E-state index contributed by atoms with van der Waals surface area (Å²) in [5, 5.41) is 11.8. The van der Waals surface area contributed by atoms with Crippen molar-refractivity contribution in [1.82, 2.24) is 19.5 Å². The second kappa shape index (κ2) is 8.24. The van der Waals surface area contributed by atoms with Gasteiger partial charge in [0.1, 0.15) is 23.7 Å². The Morgan fingerprint density at radius 1 is 1.13 bits per heavy atom. The molecule has 0 aliphatic heterocycles. The molecule has 0 radical (unpaired) electrons. The Labute approximate surface area is 172 Å². The lowest BCUT2D eigenvalue weighted by Gasteiger charge is -2.09. The average Bonchev–Trinajstić information content (AvgIpc) is 3.30. The second-order valence-electron chi connectivity index (χ2n) is 6.35. The summed E-state index contributed by atoms with van der Waals surface area (Å²) in [5.74, 6) is 1.89. The minimum absolute atomic E-state index is 0.294. The van der Waals surface area contributed by atoms with Crippen LogP contribution >= 0.6 is 0 Å². The molecular weight excluding hydrogens is 380 g/mol. The van der Waals surface area contributed by atoms with Crippen molar-refractivity contribution in [1.29, 1.82) is 5.26 Å². The molecule has 0 fully saturated rings. The zero-order valence-corrected chi connectivity index (χ0v) is 16.0. The van der Waals surface area contributed by atoms with Crippen LogP contribution in [0.2, 0.25) is 0 Å². The maximum atomic E-state index is 12.4. The molecule has 2 heterocycles. The van der Waals surface area contributed by atoms with Crippen molar-refractivity contribution in [3.63, 3.8) is 0 Å². The number of hydrogen-bond acceptors (Lipinski definition) is 6. The molecule has 1 N–H and O–H groups in total. The predicted molar refractivity (Wildman–Crippen MR) is 110 cm³/mol. The van der Waals surface area contributed by atoms with Gasteiger partial charge in [0.25, 0.3) is 5.91 Å². The van der Waals surface area contributed by atoms with E-state index in [0.717, 1.165) is 0 Å². The highest BCUT2D eigenvalue weighted by Gasteiger charge is 2.09. The molecule has 30 heavy (non-hydrogen) atoms. The number of carbonyl (C=O) groups excluding carboxylic acids is 1. The van der Waals surface area contributed by atoms with Crippen molar-refractivity contribution in [2.45, 2.75) is 6.92 Å². The van der Waals surface area contributed by atoms with E-state index in [1.54, 1.807) is 84.8 Å². The van der Waals surface area contributed by atoms with Crippen molar-refractivity contribution in [3.05, 3.63) is 90.3 Å². The van der Waals surface area contributed by atoms with Crippen LogP contribution in [-0.2, 0) is 0 Å². The van der Waals surface area contributed by atoms with E-state index in [9.17, 15) is 4.79 Å². The predicted octanol–water partition coefficient (Wildman–Crippen LogP) is 3.89. The van der Waals surface area contributed by atoms with E-state index < -0.39 is 0 Å². The van der Waals surface area contributed by atoms with Crippen LogP contribution in [0.3, 0.4) is 0 Å². The van der Waals surface area contributed by atoms with E-state index in [1.165, 1.54) is 0 Å². The maximum absolute atomic E-state index is 12.4. The number of carbonyl (C=O) groups is 1. The van der Waals surface area contributed by atoms with Crippen molar-refractivity contribution in [3.8, 4) is 23.5 Å². The fraction of sp³-hybridized carbons (Fsp3) is 0.0455. The lowest BCUT2D eigenvalue weighted by atomic mass is 10.1. The highest BCUT2D eigenvalue weighted by Crippen LogP contribution is 2.23. The van der Waals surface area contributed by atoms with E-state index in [2.05, 4.69) is 20.3 Å². The summed E-state index contributed by atoms with van der Waals surface area (Å²) in [6.07, 6.45) is 5.10. The van der Waals surface area contributed by atoms with Crippen LogP contribution in [0.1, 0.15) is 21.7 Å². The number of nitrogens with zero attached hydrogens (tertiary/aromatic N) is 5. The molecule has 146 valence electrons. The summed E-state index contributed by atoms with van der Waals surface area (Å²) >= 11 is 0. The minimum Gasteiger partial charge on any atom is -0.439 e. The molecule has 1 amide bonds. The molecule has 0 aliphatic rings. The normalized spacial score (nSPS) is 10.3. The van der Waals surface area contributed by atoms with Crippen LogP contribution < -0.4 is 10.1 Å². The largest absolute Gasteiger partial charge is 0.439 e. The molecule has 2 aromatic heterocycles. The van der Waals surface area contributed by atoms with Crippen molar-refractivity contribution >= 4 is 11.6 Å². The summed E-state index contributed by atoms with van der Waals surface area (Å²) in [6.45, 7) is 1.78. The minimum atomic E-state index is -0.294. The van der Waals surface area contributed by atoms with Crippen molar-refractivity contribution < 1.29 is 9.53 Å². The number of anilines is 1. The molecule has 8 heteroatoms. The van der Waals surface area contributed by atoms with Gasteiger partial charge in [0, 0.05) is 29.7 Å². The fourth-order valence-electron chi connectivity index (χ4n) is 2.76. The van der Waals surface area contributed by atoms with Crippen molar-refractivity contribution in [2.24, 2.45) is 0 Å². The van der Waals surface area contributed by atoms with Gasteiger partial charge in [-0.25, -0.2) is 9.97 Å².